The van der Waals surface area contributed by atoms with Gasteiger partial charge in [0.2, 0.25) is 0 Å². The van der Waals surface area contributed by atoms with Crippen molar-refractivity contribution in [3.63, 3.8) is 0 Å². The topological polar surface area (TPSA) is 15.3 Å². The van der Waals surface area contributed by atoms with Crippen LogP contribution in [0.1, 0.15) is 45.1 Å². The van der Waals surface area contributed by atoms with Crippen molar-refractivity contribution >= 4 is 5.69 Å². The van der Waals surface area contributed by atoms with Crippen molar-refractivity contribution in [1.82, 2.24) is 5.32 Å². The van der Waals surface area contributed by atoms with Crippen LogP contribution >= 0.6 is 0 Å². The van der Waals surface area contributed by atoms with E-state index < -0.39 is 0 Å². The minimum atomic E-state index is 0.696. The average molecular weight is 272 g/mol. The molecular weight excluding hydrogens is 244 g/mol. The highest BCUT2D eigenvalue weighted by atomic mass is 15.2. The molecule has 1 N–H and O–H groups in total. The van der Waals surface area contributed by atoms with Crippen LogP contribution in [0.3, 0.4) is 0 Å². The number of rotatable bonds is 5. The van der Waals surface area contributed by atoms with Gasteiger partial charge in [0.05, 0.1) is 0 Å². The number of hydrogen-bond acceptors (Lipinski definition) is 2. The van der Waals surface area contributed by atoms with Crippen molar-refractivity contribution in [2.24, 2.45) is 11.8 Å². The molecule has 1 aromatic carbocycles. The maximum absolute atomic E-state index is 3.79. The van der Waals surface area contributed by atoms with Crippen LogP contribution in [0.25, 0.3) is 0 Å². The van der Waals surface area contributed by atoms with Gasteiger partial charge in [-0.1, -0.05) is 32.0 Å². The van der Waals surface area contributed by atoms with Crippen LogP contribution in [-0.4, -0.2) is 19.1 Å². The predicted octanol–water partition coefficient (Wildman–Crippen LogP) is 3.81. The lowest BCUT2D eigenvalue weighted by Gasteiger charge is -2.28. The van der Waals surface area contributed by atoms with Gasteiger partial charge < -0.3 is 10.2 Å². The van der Waals surface area contributed by atoms with E-state index in [1.54, 1.807) is 0 Å². The number of hydrogen-bond donors (Lipinski definition) is 1. The normalized spacial score (nSPS) is 22.8. The van der Waals surface area contributed by atoms with Gasteiger partial charge in [-0.2, -0.15) is 0 Å². The molecule has 2 aliphatic rings. The highest BCUT2D eigenvalue weighted by Crippen LogP contribution is 2.35. The van der Waals surface area contributed by atoms with Crippen LogP contribution in [0, 0.1) is 11.8 Å². The smallest absolute Gasteiger partial charge is 0.0412 e. The van der Waals surface area contributed by atoms with Crippen molar-refractivity contribution in [3.8, 4) is 0 Å². The molecule has 0 saturated heterocycles. The fraction of sp³-hybridized carbons (Fsp3) is 0.667. The molecule has 2 nitrogen and oxygen atoms in total. The van der Waals surface area contributed by atoms with Crippen LogP contribution in [0.4, 0.5) is 5.69 Å². The molecule has 2 heteroatoms. The van der Waals surface area contributed by atoms with Gasteiger partial charge in [-0.3, -0.25) is 0 Å². The van der Waals surface area contributed by atoms with Crippen molar-refractivity contribution < 1.29 is 0 Å². The van der Waals surface area contributed by atoms with E-state index in [-0.39, 0.29) is 0 Å². The molecule has 1 fully saturated rings. The Bertz CT molecular complexity index is 437. The van der Waals surface area contributed by atoms with Crippen LogP contribution in [0.2, 0.25) is 0 Å². The first-order chi connectivity index (χ1) is 9.74. The maximum Gasteiger partial charge on any atom is 0.0412 e. The number of anilines is 1. The summed E-state index contributed by atoms with van der Waals surface area (Å²) < 4.78 is 0. The average Bonchev–Trinajstić information content (AvgIpc) is 3.25. The molecule has 1 saturated carbocycles. The Morgan fingerprint density at radius 3 is 2.80 bits per heavy atom. The van der Waals surface area contributed by atoms with Crippen molar-refractivity contribution in [2.45, 2.75) is 52.1 Å². The molecule has 0 amide bonds. The molecule has 0 spiro atoms. The Kier molecular flexibility index (Phi) is 4.30. The van der Waals surface area contributed by atoms with E-state index in [1.165, 1.54) is 50.0 Å². The summed E-state index contributed by atoms with van der Waals surface area (Å²) >= 11 is 0. The molecule has 1 aliphatic heterocycles. The number of nitrogens with zero attached hydrogens (tertiary/aromatic N) is 1. The zero-order chi connectivity index (χ0) is 13.9. The molecule has 1 unspecified atom stereocenters. The molecule has 1 atom stereocenters. The summed E-state index contributed by atoms with van der Waals surface area (Å²) in [6, 6.07) is 9.64. The van der Waals surface area contributed by atoms with E-state index in [4.69, 9.17) is 0 Å². The molecule has 0 aromatic heterocycles. The van der Waals surface area contributed by atoms with Crippen molar-refractivity contribution in [3.05, 3.63) is 29.8 Å². The van der Waals surface area contributed by atoms with Gasteiger partial charge in [0, 0.05) is 31.4 Å². The summed E-state index contributed by atoms with van der Waals surface area (Å²) in [6.45, 7) is 8.09. The lowest BCUT2D eigenvalue weighted by atomic mass is 10.1. The van der Waals surface area contributed by atoms with Gasteiger partial charge in [-0.15, -0.1) is 0 Å². The Balaban J connectivity index is 1.72. The van der Waals surface area contributed by atoms with Crippen LogP contribution in [0.15, 0.2) is 24.3 Å². The molecule has 3 rings (SSSR count). The van der Waals surface area contributed by atoms with Crippen molar-refractivity contribution in [2.75, 3.05) is 18.0 Å². The van der Waals surface area contributed by atoms with Gasteiger partial charge in [0.25, 0.3) is 0 Å². The van der Waals surface area contributed by atoms with E-state index >= 15 is 0 Å². The monoisotopic (exact) mass is 272 g/mol. The van der Waals surface area contributed by atoms with Gasteiger partial charge in [0.1, 0.15) is 0 Å². The Hall–Kier alpha value is -1.02. The molecule has 0 radical (unpaired) electrons. The predicted molar refractivity (Wildman–Crippen MR) is 86.1 cm³/mol. The van der Waals surface area contributed by atoms with E-state index in [0.29, 0.717) is 6.04 Å². The summed E-state index contributed by atoms with van der Waals surface area (Å²) in [5, 5.41) is 3.79. The van der Waals surface area contributed by atoms with Gasteiger partial charge in [-0.25, -0.2) is 0 Å². The fourth-order valence-corrected chi connectivity index (χ4v) is 3.33. The van der Waals surface area contributed by atoms with E-state index in [0.717, 1.165) is 18.4 Å². The molecule has 1 aliphatic carbocycles. The summed E-state index contributed by atoms with van der Waals surface area (Å²) in [4.78, 5) is 2.64. The third-order valence-corrected chi connectivity index (χ3v) is 4.70. The highest BCUT2D eigenvalue weighted by molar-refractivity contribution is 5.54. The maximum atomic E-state index is 3.79. The lowest BCUT2D eigenvalue weighted by Crippen LogP contribution is -2.40. The standard InChI is InChI=1S/C18H28N2/c1-14(2)6-5-11-20-13-17(15-9-10-15)19-12-16-7-3-4-8-18(16)20/h3-4,7-8,14-15,17,19H,5-6,9-13H2,1-2H3. The number of benzene rings is 1. The van der Waals surface area contributed by atoms with Crippen LogP contribution < -0.4 is 10.2 Å². The quantitative estimate of drug-likeness (QED) is 0.877. The second-order valence-electron chi connectivity index (χ2n) is 6.94. The number of fused-ring (bicyclic) bond motifs is 1. The molecule has 0 bridgehead atoms. The molecule has 20 heavy (non-hydrogen) atoms. The van der Waals surface area contributed by atoms with Gasteiger partial charge in [0.15, 0.2) is 0 Å². The summed E-state index contributed by atoms with van der Waals surface area (Å²) in [7, 11) is 0. The summed E-state index contributed by atoms with van der Waals surface area (Å²) in [5.41, 5.74) is 2.94. The molecular formula is C18H28N2. The number of para-hydroxylation sites is 1. The third-order valence-electron chi connectivity index (χ3n) is 4.70. The molecule has 110 valence electrons. The van der Waals surface area contributed by atoms with Crippen LogP contribution in [0.5, 0.6) is 0 Å². The second kappa shape index (κ2) is 6.17. The van der Waals surface area contributed by atoms with E-state index in [1.807, 2.05) is 0 Å². The summed E-state index contributed by atoms with van der Waals surface area (Å²) in [5.74, 6) is 1.74. The Labute approximate surface area is 123 Å². The number of nitrogens with one attached hydrogen (secondary N) is 1. The third kappa shape index (κ3) is 3.35. The minimum Gasteiger partial charge on any atom is -0.370 e. The summed E-state index contributed by atoms with van der Waals surface area (Å²) in [6.07, 6.45) is 5.49. The first-order valence-corrected chi connectivity index (χ1v) is 8.30. The van der Waals surface area contributed by atoms with Crippen LogP contribution in [-0.2, 0) is 6.54 Å². The Morgan fingerprint density at radius 2 is 2.05 bits per heavy atom. The Morgan fingerprint density at radius 1 is 1.25 bits per heavy atom. The first-order valence-electron chi connectivity index (χ1n) is 8.30. The minimum absolute atomic E-state index is 0.696. The molecule has 1 heterocycles. The second-order valence-corrected chi connectivity index (χ2v) is 6.94. The fourth-order valence-electron chi connectivity index (χ4n) is 3.33. The van der Waals surface area contributed by atoms with E-state index in [2.05, 4.69) is 48.3 Å². The van der Waals surface area contributed by atoms with Gasteiger partial charge >= 0.3 is 0 Å². The SMILES string of the molecule is CC(C)CCCN1CC(C2CC2)NCc2ccccc21. The zero-order valence-corrected chi connectivity index (χ0v) is 12.9. The van der Waals surface area contributed by atoms with Crippen molar-refractivity contribution in [1.29, 1.82) is 0 Å². The van der Waals surface area contributed by atoms with E-state index in [9.17, 15) is 0 Å². The highest BCUT2D eigenvalue weighted by Gasteiger charge is 2.33. The zero-order valence-electron chi connectivity index (χ0n) is 12.9. The van der Waals surface area contributed by atoms with Gasteiger partial charge in [-0.05, 0) is 49.1 Å². The molecule has 1 aromatic rings. The largest absolute Gasteiger partial charge is 0.370 e. The first kappa shape index (κ1) is 13.9. The lowest BCUT2D eigenvalue weighted by molar-refractivity contribution is 0.461.